The lowest BCUT2D eigenvalue weighted by atomic mass is 10.2. The maximum atomic E-state index is 13.0. The van der Waals surface area contributed by atoms with Gasteiger partial charge in [-0.25, -0.2) is 0 Å². The molecule has 0 radical (unpaired) electrons. The summed E-state index contributed by atoms with van der Waals surface area (Å²) < 4.78 is 67.2. The highest BCUT2D eigenvalue weighted by atomic mass is 32.2. The van der Waals surface area contributed by atoms with Gasteiger partial charge in [0.05, 0.1) is 16.7 Å². The zero-order valence-electron chi connectivity index (χ0n) is 12.2. The molecule has 0 aliphatic carbocycles. The van der Waals surface area contributed by atoms with Crippen LogP contribution >= 0.6 is 0 Å². The highest BCUT2D eigenvalue weighted by Crippen LogP contribution is 2.37. The number of hydrogen-bond donors (Lipinski definition) is 0. The Morgan fingerprint density at radius 1 is 1.12 bits per heavy atom. The van der Waals surface area contributed by atoms with Crippen LogP contribution in [-0.4, -0.2) is 19.6 Å². The smallest absolute Gasteiger partial charge is 0.265 e. The molecule has 0 aromatic heterocycles. The largest absolute Gasteiger partial charge is 0.418 e. The lowest BCUT2D eigenvalue weighted by Gasteiger charge is -2.11. The van der Waals surface area contributed by atoms with E-state index in [0.29, 0.717) is 17.7 Å². The van der Waals surface area contributed by atoms with Crippen LogP contribution in [0.1, 0.15) is 11.1 Å². The molecule has 11 heteroatoms. The summed E-state index contributed by atoms with van der Waals surface area (Å²) in [6, 6.07) is 9.29. The van der Waals surface area contributed by atoms with Crippen molar-refractivity contribution >= 4 is 22.0 Å². The van der Waals surface area contributed by atoms with E-state index < -0.39 is 37.4 Å². The molecule has 2 aromatic rings. The van der Waals surface area contributed by atoms with Crippen LogP contribution in [0.4, 0.5) is 18.9 Å². The molecule has 0 atom stereocenters. The topological polar surface area (TPSA) is 98.9 Å². The fraction of sp³-hybridized carbons (Fsp3) is 0.0714. The fourth-order valence-corrected chi connectivity index (χ4v) is 2.70. The predicted molar refractivity (Wildman–Crippen MR) is 80.4 cm³/mol. The summed E-state index contributed by atoms with van der Waals surface area (Å²) >= 11 is 0. The van der Waals surface area contributed by atoms with Crippen LogP contribution in [0, 0.1) is 10.1 Å². The van der Waals surface area contributed by atoms with Crippen molar-refractivity contribution in [2.75, 3.05) is 0 Å². The zero-order valence-corrected chi connectivity index (χ0v) is 13.0. The van der Waals surface area contributed by atoms with Gasteiger partial charge in [0.15, 0.2) is 0 Å². The van der Waals surface area contributed by atoms with Crippen molar-refractivity contribution in [3.63, 3.8) is 0 Å². The summed E-state index contributed by atoms with van der Waals surface area (Å²) in [5.74, 6) is 0. The van der Waals surface area contributed by atoms with E-state index in [2.05, 4.69) is 9.44 Å². The molecule has 0 heterocycles. The summed E-state index contributed by atoms with van der Waals surface area (Å²) in [5, 5.41) is 13.8. The van der Waals surface area contributed by atoms with Gasteiger partial charge < -0.3 is 0 Å². The van der Waals surface area contributed by atoms with Crippen LogP contribution in [0.3, 0.4) is 0 Å². The molecule has 0 fully saturated rings. The third-order valence-corrected chi connectivity index (χ3v) is 4.07. The summed E-state index contributed by atoms with van der Waals surface area (Å²) in [6.07, 6.45) is -4.14. The second-order valence-electron chi connectivity index (χ2n) is 4.61. The highest BCUT2D eigenvalue weighted by molar-refractivity contribution is 7.86. The first-order chi connectivity index (χ1) is 11.6. The molecule has 2 rings (SSSR count). The number of nitrogens with zero attached hydrogens (tertiary/aromatic N) is 2. The van der Waals surface area contributed by atoms with E-state index in [0.717, 1.165) is 6.21 Å². The van der Waals surface area contributed by atoms with E-state index in [1.165, 1.54) is 0 Å². The van der Waals surface area contributed by atoms with E-state index in [-0.39, 0.29) is 6.07 Å². The number of benzene rings is 2. The van der Waals surface area contributed by atoms with Crippen LogP contribution in [0.25, 0.3) is 0 Å². The molecule has 7 nitrogen and oxygen atoms in total. The number of hydrogen-bond acceptors (Lipinski definition) is 6. The minimum Gasteiger partial charge on any atom is -0.265 e. The molecular weight excluding hydrogens is 365 g/mol. The first-order valence-electron chi connectivity index (χ1n) is 6.49. The Morgan fingerprint density at radius 2 is 1.76 bits per heavy atom. The first-order valence-corrected chi connectivity index (χ1v) is 7.90. The first kappa shape index (κ1) is 18.4. The average molecular weight is 374 g/mol. The lowest BCUT2D eigenvalue weighted by molar-refractivity contribution is -0.385. The van der Waals surface area contributed by atoms with E-state index >= 15 is 0 Å². The predicted octanol–water partition coefficient (Wildman–Crippen LogP) is 3.35. The van der Waals surface area contributed by atoms with Crippen molar-refractivity contribution in [3.8, 4) is 0 Å². The Labute approximate surface area is 139 Å². The maximum Gasteiger partial charge on any atom is 0.418 e. The summed E-state index contributed by atoms with van der Waals surface area (Å²) in [7, 11) is -4.93. The van der Waals surface area contributed by atoms with Crippen LogP contribution in [0.5, 0.6) is 0 Å². The Bertz CT molecular complexity index is 912. The molecule has 0 amide bonds. The Balaban J connectivity index is 2.38. The number of oxime groups is 1. The molecule has 132 valence electrons. The van der Waals surface area contributed by atoms with Crippen LogP contribution < -0.4 is 0 Å². The second-order valence-corrected chi connectivity index (χ2v) is 6.11. The van der Waals surface area contributed by atoms with Crippen molar-refractivity contribution in [2.45, 2.75) is 11.1 Å². The molecule has 0 bridgehead atoms. The molecular formula is C14H9F3N2O5S. The molecule has 0 saturated carbocycles. The van der Waals surface area contributed by atoms with Gasteiger partial charge in [0, 0.05) is 12.1 Å². The normalized spacial score (nSPS) is 12.3. The lowest BCUT2D eigenvalue weighted by Crippen LogP contribution is -2.14. The van der Waals surface area contributed by atoms with Crippen molar-refractivity contribution < 1.29 is 30.8 Å². The van der Waals surface area contributed by atoms with Crippen molar-refractivity contribution in [1.29, 1.82) is 0 Å². The summed E-state index contributed by atoms with van der Waals surface area (Å²) in [5.41, 5.74) is -2.16. The highest BCUT2D eigenvalue weighted by Gasteiger charge is 2.39. The van der Waals surface area contributed by atoms with Gasteiger partial charge in [-0.3, -0.25) is 14.4 Å². The monoisotopic (exact) mass is 374 g/mol. The SMILES string of the molecule is O=[N+]([O-])c1ccc(S(=O)(=O)ON=Cc2ccccc2)c(C(F)(F)F)c1. The van der Waals surface area contributed by atoms with Gasteiger partial charge >= 0.3 is 16.3 Å². The average Bonchev–Trinajstić information content (AvgIpc) is 2.54. The van der Waals surface area contributed by atoms with Crippen LogP contribution in [0.15, 0.2) is 58.6 Å². The number of nitro benzene ring substituents is 1. The molecule has 0 aliphatic rings. The van der Waals surface area contributed by atoms with Gasteiger partial charge in [0.2, 0.25) is 0 Å². The minimum atomic E-state index is -5.14. The molecule has 0 saturated heterocycles. The zero-order chi connectivity index (χ0) is 18.7. The Hall–Kier alpha value is -2.95. The van der Waals surface area contributed by atoms with Gasteiger partial charge in [0.25, 0.3) is 5.69 Å². The third-order valence-electron chi connectivity index (χ3n) is 2.89. The third kappa shape index (κ3) is 4.53. The van der Waals surface area contributed by atoms with E-state index in [1.54, 1.807) is 30.3 Å². The second kappa shape index (κ2) is 6.89. The van der Waals surface area contributed by atoms with Gasteiger partial charge in [-0.15, -0.1) is 0 Å². The number of alkyl halides is 3. The number of halogens is 3. The maximum absolute atomic E-state index is 13.0. The van der Waals surface area contributed by atoms with E-state index in [4.69, 9.17) is 0 Å². The Kier molecular flexibility index (Phi) is 5.07. The standard InChI is InChI=1S/C14H9F3N2O5S/c15-14(16,17)12-8-11(19(20)21)6-7-13(12)25(22,23)24-18-9-10-4-2-1-3-5-10/h1-9H. The molecule has 0 spiro atoms. The minimum absolute atomic E-state index is 0.122. The van der Waals surface area contributed by atoms with E-state index in [1.807, 2.05) is 0 Å². The van der Waals surface area contributed by atoms with Crippen molar-refractivity contribution in [2.24, 2.45) is 5.16 Å². The van der Waals surface area contributed by atoms with Crippen LogP contribution in [0.2, 0.25) is 0 Å². The summed E-state index contributed by atoms with van der Waals surface area (Å²) in [4.78, 5) is 8.27. The van der Waals surface area contributed by atoms with Crippen molar-refractivity contribution in [3.05, 3.63) is 69.8 Å². The Morgan fingerprint density at radius 3 is 2.32 bits per heavy atom. The van der Waals surface area contributed by atoms with Crippen molar-refractivity contribution in [1.82, 2.24) is 0 Å². The van der Waals surface area contributed by atoms with Crippen LogP contribution in [-0.2, 0) is 20.6 Å². The van der Waals surface area contributed by atoms with Gasteiger partial charge in [-0.2, -0.15) is 21.6 Å². The number of rotatable bonds is 5. The summed E-state index contributed by atoms with van der Waals surface area (Å²) in [6.45, 7) is 0. The van der Waals surface area contributed by atoms with E-state index in [9.17, 15) is 31.7 Å². The number of nitro groups is 1. The molecule has 0 N–H and O–H groups in total. The van der Waals surface area contributed by atoms with Gasteiger partial charge in [0.1, 0.15) is 4.90 Å². The molecule has 2 aromatic carbocycles. The molecule has 25 heavy (non-hydrogen) atoms. The molecule has 0 aliphatic heterocycles. The fourth-order valence-electron chi connectivity index (χ4n) is 1.79. The quantitative estimate of drug-likeness (QED) is 0.454. The molecule has 0 unspecified atom stereocenters. The van der Waals surface area contributed by atoms with Gasteiger partial charge in [-0.05, 0) is 11.6 Å². The number of non-ortho nitro benzene ring substituents is 1. The van der Waals surface area contributed by atoms with Gasteiger partial charge in [-0.1, -0.05) is 35.5 Å².